The molecular weight excluding hydrogens is 248 g/mol. The van der Waals surface area contributed by atoms with Crippen LogP contribution in [0.5, 0.6) is 0 Å². The van der Waals surface area contributed by atoms with Crippen LogP contribution in [0.2, 0.25) is 0 Å². The third-order valence-electron chi connectivity index (χ3n) is 4.29. The maximum Gasteiger partial charge on any atom is 0.136 e. The third kappa shape index (κ3) is 3.02. The van der Waals surface area contributed by atoms with E-state index in [0.29, 0.717) is 0 Å². The zero-order valence-corrected chi connectivity index (χ0v) is 12.5. The summed E-state index contributed by atoms with van der Waals surface area (Å²) in [5.74, 6) is 0. The van der Waals surface area contributed by atoms with E-state index in [-0.39, 0.29) is 22.3 Å². The molecule has 0 bridgehead atoms. The molecule has 2 fully saturated rings. The molecule has 106 valence electrons. The Morgan fingerprint density at radius 1 is 1.33 bits per heavy atom. The van der Waals surface area contributed by atoms with Gasteiger partial charge >= 0.3 is 0 Å². The Bertz CT molecular complexity index is 287. The van der Waals surface area contributed by atoms with E-state index in [9.17, 15) is 9.66 Å². The SMILES string of the molecule is CC(C)(C)[S+]([O-])NC1C[C@H](O)CC12CCNCC2. The monoisotopic (exact) mass is 274 g/mol. The summed E-state index contributed by atoms with van der Waals surface area (Å²) in [7, 11) is 0. The van der Waals surface area contributed by atoms with Crippen LogP contribution >= 0.6 is 0 Å². The zero-order valence-electron chi connectivity index (χ0n) is 11.7. The van der Waals surface area contributed by atoms with Crippen LogP contribution in [0.4, 0.5) is 0 Å². The molecule has 0 amide bonds. The minimum atomic E-state index is -1.05. The molecule has 2 rings (SSSR count). The van der Waals surface area contributed by atoms with Crippen molar-refractivity contribution in [1.82, 2.24) is 10.0 Å². The van der Waals surface area contributed by atoms with Gasteiger partial charge in [0.1, 0.15) is 4.75 Å². The van der Waals surface area contributed by atoms with Crippen LogP contribution in [0.15, 0.2) is 0 Å². The summed E-state index contributed by atoms with van der Waals surface area (Å²) in [6.45, 7) is 7.96. The summed E-state index contributed by atoms with van der Waals surface area (Å²) >= 11 is -1.05. The van der Waals surface area contributed by atoms with Gasteiger partial charge < -0.3 is 15.0 Å². The summed E-state index contributed by atoms with van der Waals surface area (Å²) in [6.07, 6.45) is 3.50. The lowest BCUT2D eigenvalue weighted by Gasteiger charge is -2.40. The van der Waals surface area contributed by atoms with Crippen LogP contribution in [0.1, 0.15) is 46.5 Å². The average molecular weight is 274 g/mol. The van der Waals surface area contributed by atoms with E-state index in [1.54, 1.807) is 0 Å². The van der Waals surface area contributed by atoms with E-state index in [2.05, 4.69) is 10.0 Å². The first-order valence-corrected chi connectivity index (χ1v) is 8.05. The molecule has 1 spiro atoms. The Labute approximate surface area is 113 Å². The van der Waals surface area contributed by atoms with Crippen molar-refractivity contribution >= 4 is 11.4 Å². The number of rotatable bonds is 2. The molecule has 3 N–H and O–H groups in total. The standard InChI is InChI=1S/C13H26N2O2S/c1-12(2,3)18(17)15-11-8-10(16)9-13(11)4-6-14-7-5-13/h10-11,14-16H,4-9H2,1-3H3/t10-,11?,18?/m0/s1. The van der Waals surface area contributed by atoms with E-state index < -0.39 is 11.4 Å². The maximum atomic E-state index is 12.3. The van der Waals surface area contributed by atoms with Crippen LogP contribution < -0.4 is 10.0 Å². The quantitative estimate of drug-likeness (QED) is 0.655. The minimum absolute atomic E-state index is 0.144. The Kier molecular flexibility index (Phi) is 4.29. The van der Waals surface area contributed by atoms with Crippen molar-refractivity contribution in [1.29, 1.82) is 0 Å². The maximum absolute atomic E-state index is 12.3. The van der Waals surface area contributed by atoms with Crippen molar-refractivity contribution in [3.05, 3.63) is 0 Å². The highest BCUT2D eigenvalue weighted by Crippen LogP contribution is 2.45. The molecule has 0 radical (unpaired) electrons. The van der Waals surface area contributed by atoms with E-state index >= 15 is 0 Å². The average Bonchev–Trinajstić information content (AvgIpc) is 2.54. The van der Waals surface area contributed by atoms with Gasteiger partial charge in [0, 0.05) is 11.4 Å². The molecule has 5 heteroatoms. The smallest absolute Gasteiger partial charge is 0.136 e. The highest BCUT2D eigenvalue weighted by atomic mass is 32.2. The van der Waals surface area contributed by atoms with Gasteiger partial charge in [-0.1, -0.05) is 0 Å². The van der Waals surface area contributed by atoms with E-state index in [1.165, 1.54) is 0 Å². The molecule has 1 aliphatic heterocycles. The lowest BCUT2D eigenvalue weighted by atomic mass is 9.75. The van der Waals surface area contributed by atoms with Crippen molar-refractivity contribution in [2.45, 2.75) is 63.3 Å². The third-order valence-corrected chi connectivity index (χ3v) is 5.90. The van der Waals surface area contributed by atoms with Gasteiger partial charge in [-0.25, -0.2) is 0 Å². The van der Waals surface area contributed by atoms with Crippen LogP contribution in [0, 0.1) is 5.41 Å². The molecule has 0 aromatic heterocycles. The second-order valence-electron chi connectivity index (χ2n) is 6.76. The van der Waals surface area contributed by atoms with Crippen LogP contribution in [0.3, 0.4) is 0 Å². The molecule has 0 aromatic carbocycles. The Morgan fingerprint density at radius 3 is 2.50 bits per heavy atom. The molecular formula is C13H26N2O2S. The van der Waals surface area contributed by atoms with E-state index in [0.717, 1.165) is 38.8 Å². The number of hydrogen-bond acceptors (Lipinski definition) is 4. The Morgan fingerprint density at radius 2 is 1.94 bits per heavy atom. The molecule has 4 nitrogen and oxygen atoms in total. The van der Waals surface area contributed by atoms with Crippen molar-refractivity contribution in [3.63, 3.8) is 0 Å². The van der Waals surface area contributed by atoms with Gasteiger partial charge in [-0.05, 0) is 65.0 Å². The molecule has 1 saturated carbocycles. The Hall–Kier alpha value is 0.190. The van der Waals surface area contributed by atoms with Crippen LogP contribution in [-0.4, -0.2) is 39.6 Å². The van der Waals surface area contributed by atoms with Gasteiger partial charge in [-0.2, -0.15) is 0 Å². The van der Waals surface area contributed by atoms with Crippen LogP contribution in [-0.2, 0) is 11.4 Å². The molecule has 18 heavy (non-hydrogen) atoms. The van der Waals surface area contributed by atoms with Gasteiger partial charge in [0.15, 0.2) is 0 Å². The fraction of sp³-hybridized carbons (Fsp3) is 1.00. The summed E-state index contributed by atoms with van der Waals surface area (Å²) in [4.78, 5) is 0. The van der Waals surface area contributed by atoms with Crippen molar-refractivity contribution < 1.29 is 9.66 Å². The van der Waals surface area contributed by atoms with Crippen molar-refractivity contribution in [2.24, 2.45) is 5.41 Å². The van der Waals surface area contributed by atoms with E-state index in [1.807, 2.05) is 20.8 Å². The summed E-state index contributed by atoms with van der Waals surface area (Å²) in [5, 5.41) is 13.3. The highest BCUT2D eigenvalue weighted by molar-refractivity contribution is 7.90. The molecule has 2 aliphatic rings. The molecule has 2 unspecified atom stereocenters. The predicted molar refractivity (Wildman–Crippen MR) is 74.6 cm³/mol. The van der Waals surface area contributed by atoms with Gasteiger partial charge in [0.05, 0.1) is 12.1 Å². The van der Waals surface area contributed by atoms with Gasteiger partial charge in [0.25, 0.3) is 0 Å². The molecule has 1 heterocycles. The fourth-order valence-electron chi connectivity index (χ4n) is 3.17. The molecule has 3 atom stereocenters. The fourth-order valence-corrected chi connectivity index (χ4v) is 4.13. The van der Waals surface area contributed by atoms with Crippen molar-refractivity contribution in [3.8, 4) is 0 Å². The second kappa shape index (κ2) is 5.29. The summed E-state index contributed by atoms with van der Waals surface area (Å²) in [5.41, 5.74) is 0.144. The van der Waals surface area contributed by atoms with Crippen molar-refractivity contribution in [2.75, 3.05) is 13.1 Å². The largest absolute Gasteiger partial charge is 0.598 e. The number of hydrogen-bond donors (Lipinski definition) is 3. The summed E-state index contributed by atoms with van der Waals surface area (Å²) < 4.78 is 15.3. The minimum Gasteiger partial charge on any atom is -0.598 e. The molecule has 0 aromatic rings. The normalized spacial score (nSPS) is 33.8. The molecule has 1 aliphatic carbocycles. The topological polar surface area (TPSA) is 67.3 Å². The summed E-state index contributed by atoms with van der Waals surface area (Å²) in [6, 6.07) is 0.189. The number of nitrogens with one attached hydrogen (secondary N) is 2. The zero-order chi connectivity index (χ0) is 13.4. The van der Waals surface area contributed by atoms with E-state index in [4.69, 9.17) is 0 Å². The second-order valence-corrected chi connectivity index (χ2v) is 8.76. The first-order chi connectivity index (χ1) is 8.33. The lowest BCUT2D eigenvalue weighted by molar-refractivity contribution is 0.133. The number of aliphatic hydroxyl groups is 1. The number of aliphatic hydroxyl groups excluding tert-OH is 1. The Balaban J connectivity index is 2.05. The van der Waals surface area contributed by atoms with Gasteiger partial charge in [0.2, 0.25) is 0 Å². The number of piperidine rings is 1. The van der Waals surface area contributed by atoms with Crippen LogP contribution in [0.25, 0.3) is 0 Å². The predicted octanol–water partition coefficient (Wildman–Crippen LogP) is 0.931. The first-order valence-electron chi connectivity index (χ1n) is 6.90. The van der Waals surface area contributed by atoms with Gasteiger partial charge in [-0.15, -0.1) is 4.72 Å². The molecule has 1 saturated heterocycles. The van der Waals surface area contributed by atoms with Gasteiger partial charge in [-0.3, -0.25) is 0 Å². The first kappa shape index (κ1) is 14.6. The lowest BCUT2D eigenvalue weighted by Crippen LogP contribution is -2.52. The highest BCUT2D eigenvalue weighted by Gasteiger charge is 2.49.